The Bertz CT molecular complexity index is 1100. The number of rotatable bonds is 5. The Kier molecular flexibility index (Phi) is 13.9. The molecular formula is C30H43FN6O. The number of carbonyl (C=O) groups is 1. The fraction of sp³-hybridized carbons (Fsp3) is 0.467. The predicted octanol–water partition coefficient (Wildman–Crippen LogP) is 5.98. The number of aliphatic imine (C=N–C) groups is 1. The minimum atomic E-state index is -0.509. The van der Waals surface area contributed by atoms with Gasteiger partial charge in [0, 0.05) is 38.7 Å². The van der Waals surface area contributed by atoms with Crippen LogP contribution >= 0.6 is 0 Å². The summed E-state index contributed by atoms with van der Waals surface area (Å²) in [6.45, 7) is 13.3. The van der Waals surface area contributed by atoms with Gasteiger partial charge in [-0.2, -0.15) is 0 Å². The molecule has 0 saturated carbocycles. The molecule has 2 aliphatic heterocycles. The average molecular weight is 523 g/mol. The molecule has 2 aliphatic rings. The second-order valence-corrected chi connectivity index (χ2v) is 9.24. The molecule has 2 aromatic rings. The Hall–Kier alpha value is -3.57. The zero-order valence-corrected chi connectivity index (χ0v) is 23.9. The highest BCUT2D eigenvalue weighted by atomic mass is 19.1. The van der Waals surface area contributed by atoms with E-state index in [2.05, 4.69) is 39.0 Å². The standard InChI is InChI=1S/C15H19FN2O.C10H14N4.C3H4.C2H6/c1-4-12(10-5-7-11(16)8-6-10)18-13(17)9-15(2,3)14(18)19;1-11-7-14-9-4-8-5-12-3-2-10(8)13-6-9;1-3-2;1-2/h5-8,12,17H,4,9H2,1-3H3;4,6-7,12H,2-3,5H2,1H3,(H,11,14);1H,2H3;1-2H3. The molecule has 1 saturated heterocycles. The summed E-state index contributed by atoms with van der Waals surface area (Å²) >= 11 is 0. The second kappa shape index (κ2) is 16.3. The molecule has 0 bridgehead atoms. The number of terminal acetylenes is 1. The summed E-state index contributed by atoms with van der Waals surface area (Å²) in [5, 5.41) is 14.4. The van der Waals surface area contributed by atoms with Crippen molar-refractivity contribution in [2.24, 2.45) is 10.4 Å². The lowest BCUT2D eigenvalue weighted by Gasteiger charge is -2.28. The number of fused-ring (bicyclic) bond motifs is 1. The summed E-state index contributed by atoms with van der Waals surface area (Å²) in [5.41, 5.74) is 3.86. The van der Waals surface area contributed by atoms with Crippen LogP contribution in [0.5, 0.6) is 0 Å². The number of hydrogen-bond acceptors (Lipinski definition) is 5. The van der Waals surface area contributed by atoms with Gasteiger partial charge in [-0.25, -0.2) is 4.39 Å². The lowest BCUT2D eigenvalue weighted by Crippen LogP contribution is -2.36. The van der Waals surface area contributed by atoms with Gasteiger partial charge in [-0.15, -0.1) is 12.3 Å². The number of pyridine rings is 1. The van der Waals surface area contributed by atoms with Gasteiger partial charge in [0.1, 0.15) is 11.7 Å². The van der Waals surface area contributed by atoms with E-state index in [1.54, 1.807) is 37.3 Å². The highest BCUT2D eigenvalue weighted by Crippen LogP contribution is 2.38. The molecule has 7 nitrogen and oxygen atoms in total. The first kappa shape index (κ1) is 32.5. The molecule has 0 spiro atoms. The van der Waals surface area contributed by atoms with E-state index in [1.807, 2.05) is 40.8 Å². The fourth-order valence-corrected chi connectivity index (χ4v) is 4.17. The maximum absolute atomic E-state index is 13.0. The number of amides is 1. The summed E-state index contributed by atoms with van der Waals surface area (Å²) in [6.07, 6.45) is 10.3. The molecular weight excluding hydrogens is 479 g/mol. The topological polar surface area (TPSA) is 93.5 Å². The SMILES string of the molecule is C#CC.CC.CCC(c1ccc(F)cc1)N1C(=N)CC(C)(C)C1=O.CN=CNc1cnc2c(c1)CNCC2. The Morgan fingerprint density at radius 1 is 1.34 bits per heavy atom. The van der Waals surface area contributed by atoms with E-state index in [9.17, 15) is 9.18 Å². The summed E-state index contributed by atoms with van der Waals surface area (Å²) in [7, 11) is 1.74. The molecule has 1 amide bonds. The zero-order valence-electron chi connectivity index (χ0n) is 23.9. The maximum atomic E-state index is 13.0. The fourth-order valence-electron chi connectivity index (χ4n) is 4.17. The molecule has 206 valence electrons. The average Bonchev–Trinajstić information content (AvgIpc) is 3.12. The lowest BCUT2D eigenvalue weighted by atomic mass is 9.91. The van der Waals surface area contributed by atoms with Gasteiger partial charge in [0.25, 0.3) is 0 Å². The highest BCUT2D eigenvalue weighted by molar-refractivity contribution is 6.07. The molecule has 38 heavy (non-hydrogen) atoms. The van der Waals surface area contributed by atoms with E-state index in [4.69, 9.17) is 5.41 Å². The van der Waals surface area contributed by atoms with Crippen molar-refractivity contribution in [3.8, 4) is 12.3 Å². The third-order valence-corrected chi connectivity index (χ3v) is 5.93. The van der Waals surface area contributed by atoms with E-state index < -0.39 is 5.41 Å². The van der Waals surface area contributed by atoms with Crippen LogP contribution in [0, 0.1) is 29.0 Å². The second-order valence-electron chi connectivity index (χ2n) is 9.24. The van der Waals surface area contributed by atoms with Crippen molar-refractivity contribution in [2.45, 2.75) is 73.4 Å². The van der Waals surface area contributed by atoms with E-state index in [0.717, 1.165) is 30.8 Å². The van der Waals surface area contributed by atoms with Gasteiger partial charge < -0.3 is 10.6 Å². The Labute approximate surface area is 227 Å². The molecule has 0 radical (unpaired) electrons. The Morgan fingerprint density at radius 2 is 1.97 bits per heavy atom. The maximum Gasteiger partial charge on any atom is 0.234 e. The molecule has 1 fully saturated rings. The molecule has 1 aromatic heterocycles. The minimum Gasteiger partial charge on any atom is -0.345 e. The third-order valence-electron chi connectivity index (χ3n) is 5.93. The summed E-state index contributed by atoms with van der Waals surface area (Å²) < 4.78 is 13.0. The van der Waals surface area contributed by atoms with Crippen LogP contribution in [-0.4, -0.2) is 41.6 Å². The number of anilines is 1. The number of aromatic nitrogens is 1. The highest BCUT2D eigenvalue weighted by Gasteiger charge is 2.45. The van der Waals surface area contributed by atoms with E-state index in [1.165, 1.54) is 23.4 Å². The molecule has 1 unspecified atom stereocenters. The number of likely N-dealkylation sites (tertiary alicyclic amines) is 1. The van der Waals surface area contributed by atoms with Crippen molar-refractivity contribution < 1.29 is 9.18 Å². The van der Waals surface area contributed by atoms with Crippen LogP contribution in [0.25, 0.3) is 0 Å². The van der Waals surface area contributed by atoms with Crippen LogP contribution in [-0.2, 0) is 17.8 Å². The number of halogens is 1. The molecule has 3 heterocycles. The summed E-state index contributed by atoms with van der Waals surface area (Å²) in [6, 6.07) is 8.11. The van der Waals surface area contributed by atoms with Gasteiger partial charge in [0.2, 0.25) is 5.91 Å². The molecule has 4 rings (SSSR count). The van der Waals surface area contributed by atoms with Crippen LogP contribution in [0.15, 0.2) is 41.5 Å². The van der Waals surface area contributed by atoms with Crippen molar-refractivity contribution in [2.75, 3.05) is 18.9 Å². The third kappa shape index (κ3) is 9.07. The van der Waals surface area contributed by atoms with Crippen LogP contribution in [0.3, 0.4) is 0 Å². The normalized spacial score (nSPS) is 16.0. The van der Waals surface area contributed by atoms with Crippen LogP contribution < -0.4 is 10.6 Å². The van der Waals surface area contributed by atoms with Gasteiger partial charge in [0.15, 0.2) is 0 Å². The van der Waals surface area contributed by atoms with Gasteiger partial charge >= 0.3 is 0 Å². The van der Waals surface area contributed by atoms with E-state index in [-0.39, 0.29) is 17.8 Å². The van der Waals surface area contributed by atoms with Crippen molar-refractivity contribution in [3.05, 3.63) is 59.2 Å². The van der Waals surface area contributed by atoms with Crippen LogP contribution in [0.1, 0.15) is 77.2 Å². The number of hydrogen-bond donors (Lipinski definition) is 3. The Morgan fingerprint density at radius 3 is 2.50 bits per heavy atom. The van der Waals surface area contributed by atoms with Crippen molar-refractivity contribution in [1.29, 1.82) is 5.41 Å². The van der Waals surface area contributed by atoms with Crippen molar-refractivity contribution >= 4 is 23.8 Å². The van der Waals surface area contributed by atoms with Crippen LogP contribution in [0.4, 0.5) is 10.1 Å². The first-order valence-corrected chi connectivity index (χ1v) is 13.1. The molecule has 3 N–H and O–H groups in total. The number of benzene rings is 1. The summed E-state index contributed by atoms with van der Waals surface area (Å²) in [5.74, 6) is 2.29. The number of nitrogens with zero attached hydrogens (tertiary/aromatic N) is 3. The summed E-state index contributed by atoms with van der Waals surface area (Å²) in [4.78, 5) is 22.2. The Balaban J connectivity index is 0.000000335. The van der Waals surface area contributed by atoms with Gasteiger partial charge in [-0.05, 0) is 42.7 Å². The number of amidine groups is 1. The molecule has 1 aromatic carbocycles. The van der Waals surface area contributed by atoms with Crippen molar-refractivity contribution in [3.63, 3.8) is 0 Å². The lowest BCUT2D eigenvalue weighted by molar-refractivity contribution is -0.134. The van der Waals surface area contributed by atoms with Crippen molar-refractivity contribution in [1.82, 2.24) is 15.2 Å². The van der Waals surface area contributed by atoms with E-state index in [0.29, 0.717) is 18.7 Å². The van der Waals surface area contributed by atoms with Gasteiger partial charge in [-0.1, -0.05) is 46.8 Å². The first-order valence-electron chi connectivity index (χ1n) is 13.1. The smallest absolute Gasteiger partial charge is 0.234 e. The minimum absolute atomic E-state index is 0.0197. The quantitative estimate of drug-likeness (QED) is 0.256. The van der Waals surface area contributed by atoms with Gasteiger partial charge in [0.05, 0.1) is 29.7 Å². The van der Waals surface area contributed by atoms with Crippen LogP contribution in [0.2, 0.25) is 0 Å². The predicted molar refractivity (Wildman–Crippen MR) is 156 cm³/mol. The zero-order chi connectivity index (χ0) is 28.7. The largest absolute Gasteiger partial charge is 0.345 e. The van der Waals surface area contributed by atoms with E-state index >= 15 is 0 Å². The molecule has 1 atom stereocenters. The number of nitrogens with one attached hydrogen (secondary N) is 3. The first-order chi connectivity index (χ1) is 18.2. The monoisotopic (exact) mass is 522 g/mol. The molecule has 0 aliphatic carbocycles. The van der Waals surface area contributed by atoms with Gasteiger partial charge in [-0.3, -0.25) is 25.1 Å². The molecule has 8 heteroatoms. The number of carbonyl (C=O) groups excluding carboxylic acids is 1.